The van der Waals surface area contributed by atoms with Crippen LogP contribution in [0.25, 0.3) is 21.9 Å². The molecule has 28 heavy (non-hydrogen) atoms. The van der Waals surface area contributed by atoms with Crippen LogP contribution >= 0.6 is 11.6 Å². The van der Waals surface area contributed by atoms with E-state index in [-0.39, 0.29) is 22.5 Å². The van der Waals surface area contributed by atoms with Crippen molar-refractivity contribution in [2.45, 2.75) is 13.0 Å². The molecule has 0 radical (unpaired) electrons. The Balaban J connectivity index is 1.59. The van der Waals surface area contributed by atoms with E-state index in [1.807, 2.05) is 18.2 Å². The molecule has 0 aliphatic rings. The van der Waals surface area contributed by atoms with Gasteiger partial charge >= 0.3 is 5.97 Å². The zero-order chi connectivity index (χ0) is 19.8. The number of aromatic nitrogens is 1. The number of aromatic amines is 1. The number of nitrogens with one attached hydrogen (secondary N) is 1. The number of Topliss-reactive ketones (excluding diaryl/α,β-unsaturated/α-hetero) is 1. The summed E-state index contributed by atoms with van der Waals surface area (Å²) in [5.74, 6) is -1.53. The minimum absolute atomic E-state index is 0.208. The van der Waals surface area contributed by atoms with Gasteiger partial charge in [-0.25, -0.2) is 4.79 Å². The van der Waals surface area contributed by atoms with Crippen molar-refractivity contribution >= 4 is 45.2 Å². The largest absolute Gasteiger partial charge is 0.449 e. The minimum Gasteiger partial charge on any atom is -0.449 e. The van der Waals surface area contributed by atoms with E-state index in [2.05, 4.69) is 4.98 Å². The van der Waals surface area contributed by atoms with Crippen LogP contribution in [0, 0.1) is 0 Å². The molecule has 0 bridgehead atoms. The van der Waals surface area contributed by atoms with E-state index in [9.17, 15) is 14.4 Å². The monoisotopic (exact) mass is 395 g/mol. The molecule has 2 heterocycles. The van der Waals surface area contributed by atoms with Crippen LogP contribution < -0.4 is 5.43 Å². The number of carbonyl (C=O) groups is 2. The number of H-pyrrole nitrogens is 1. The van der Waals surface area contributed by atoms with Gasteiger partial charge in [0.1, 0.15) is 5.58 Å². The highest BCUT2D eigenvalue weighted by Gasteiger charge is 2.24. The Kier molecular flexibility index (Phi) is 4.49. The lowest BCUT2D eigenvalue weighted by atomic mass is 10.1. The van der Waals surface area contributed by atoms with Gasteiger partial charge in [-0.05, 0) is 31.2 Å². The van der Waals surface area contributed by atoms with Gasteiger partial charge in [-0.2, -0.15) is 0 Å². The van der Waals surface area contributed by atoms with Crippen LogP contribution in [-0.2, 0) is 4.74 Å². The van der Waals surface area contributed by atoms with Gasteiger partial charge in [0, 0.05) is 33.8 Å². The molecule has 0 saturated heterocycles. The molecule has 140 valence electrons. The smallest absolute Gasteiger partial charge is 0.375 e. The normalized spacial score (nSPS) is 12.2. The van der Waals surface area contributed by atoms with Crippen LogP contribution in [0.3, 0.4) is 0 Å². The molecule has 2 aromatic heterocycles. The van der Waals surface area contributed by atoms with Gasteiger partial charge in [-0.1, -0.05) is 29.8 Å². The lowest BCUT2D eigenvalue weighted by molar-refractivity contribution is 0.0290. The summed E-state index contributed by atoms with van der Waals surface area (Å²) in [5, 5.41) is 1.38. The van der Waals surface area contributed by atoms with Crippen LogP contribution in [0.1, 0.15) is 27.8 Å². The van der Waals surface area contributed by atoms with E-state index in [0.717, 1.165) is 17.0 Å². The number of fused-ring (bicyclic) bond motifs is 2. The number of para-hydroxylation sites is 1. The first-order valence-electron chi connectivity index (χ1n) is 8.49. The Labute approximate surface area is 163 Å². The second-order valence-electron chi connectivity index (χ2n) is 6.28. The van der Waals surface area contributed by atoms with E-state index in [0.29, 0.717) is 10.6 Å². The molecule has 0 aliphatic carbocycles. The highest BCUT2D eigenvalue weighted by Crippen LogP contribution is 2.21. The number of benzene rings is 2. The molecule has 0 spiro atoms. The zero-order valence-electron chi connectivity index (χ0n) is 14.7. The molecule has 6 nitrogen and oxygen atoms in total. The fourth-order valence-corrected chi connectivity index (χ4v) is 3.17. The first-order chi connectivity index (χ1) is 13.4. The number of ether oxygens (including phenoxy) is 1. The van der Waals surface area contributed by atoms with Gasteiger partial charge in [-0.15, -0.1) is 0 Å². The first kappa shape index (κ1) is 18.0. The molecule has 7 heteroatoms. The van der Waals surface area contributed by atoms with Crippen molar-refractivity contribution in [3.05, 3.63) is 81.3 Å². The average Bonchev–Trinajstić information content (AvgIpc) is 3.11. The maximum absolute atomic E-state index is 12.7. The van der Waals surface area contributed by atoms with E-state index < -0.39 is 17.5 Å². The second-order valence-corrected chi connectivity index (χ2v) is 6.71. The molecule has 0 aliphatic heterocycles. The summed E-state index contributed by atoms with van der Waals surface area (Å²) in [5.41, 5.74) is 1.01. The molecule has 2 aromatic carbocycles. The average molecular weight is 396 g/mol. The third-order valence-electron chi connectivity index (χ3n) is 4.40. The number of halogens is 1. The molecular weight excluding hydrogens is 382 g/mol. The van der Waals surface area contributed by atoms with Gasteiger partial charge in [-0.3, -0.25) is 9.59 Å². The summed E-state index contributed by atoms with van der Waals surface area (Å²) < 4.78 is 10.7. The number of ketones is 1. The molecule has 1 N–H and O–H groups in total. The van der Waals surface area contributed by atoms with Gasteiger partial charge in [0.15, 0.2) is 11.5 Å². The van der Waals surface area contributed by atoms with E-state index >= 15 is 0 Å². The standard InChI is InChI=1S/C21H14ClNO5/c1-11(20(25)15-10-23-16-5-3-2-4-13(15)16)27-21(26)19-9-17(24)14-8-12(22)6-7-18(14)28-19/h2-11,23H,1H3. The van der Waals surface area contributed by atoms with E-state index in [1.165, 1.54) is 19.1 Å². The van der Waals surface area contributed by atoms with Crippen LogP contribution in [-0.4, -0.2) is 22.8 Å². The number of hydrogen-bond donors (Lipinski definition) is 1. The molecule has 4 rings (SSSR count). The Hall–Kier alpha value is -3.38. The Morgan fingerprint density at radius 2 is 1.89 bits per heavy atom. The number of esters is 1. The summed E-state index contributed by atoms with van der Waals surface area (Å²) in [6.07, 6.45) is 0.523. The predicted octanol–water partition coefficient (Wildman–Crippen LogP) is 4.36. The number of hydrogen-bond acceptors (Lipinski definition) is 5. The van der Waals surface area contributed by atoms with Crippen LogP contribution in [0.15, 0.2) is 63.9 Å². The molecule has 0 fully saturated rings. The van der Waals surface area contributed by atoms with Crippen molar-refractivity contribution < 1.29 is 18.7 Å². The van der Waals surface area contributed by atoms with Crippen molar-refractivity contribution in [3.63, 3.8) is 0 Å². The SMILES string of the molecule is CC(OC(=O)c1cc(=O)c2cc(Cl)ccc2o1)C(=O)c1c[nH]c2ccccc12. The summed E-state index contributed by atoms with van der Waals surface area (Å²) in [6, 6.07) is 12.9. The van der Waals surface area contributed by atoms with Crippen LogP contribution in [0.4, 0.5) is 0 Å². The molecular formula is C21H14ClNO5. The summed E-state index contributed by atoms with van der Waals surface area (Å²) in [6.45, 7) is 1.47. The summed E-state index contributed by atoms with van der Waals surface area (Å²) in [7, 11) is 0. The third-order valence-corrected chi connectivity index (χ3v) is 4.63. The maximum Gasteiger partial charge on any atom is 0.375 e. The summed E-state index contributed by atoms with van der Waals surface area (Å²) in [4.78, 5) is 40.3. The van der Waals surface area contributed by atoms with Crippen LogP contribution in [0.2, 0.25) is 5.02 Å². The molecule has 1 unspecified atom stereocenters. The molecule has 4 aromatic rings. The Morgan fingerprint density at radius 1 is 1.11 bits per heavy atom. The van der Waals surface area contributed by atoms with Gasteiger partial charge in [0.2, 0.25) is 11.5 Å². The van der Waals surface area contributed by atoms with E-state index in [1.54, 1.807) is 18.3 Å². The highest BCUT2D eigenvalue weighted by molar-refractivity contribution is 6.31. The van der Waals surface area contributed by atoms with Crippen molar-refractivity contribution in [3.8, 4) is 0 Å². The van der Waals surface area contributed by atoms with Crippen LogP contribution in [0.5, 0.6) is 0 Å². The van der Waals surface area contributed by atoms with Crippen molar-refractivity contribution in [2.75, 3.05) is 0 Å². The summed E-state index contributed by atoms with van der Waals surface area (Å²) >= 11 is 5.87. The topological polar surface area (TPSA) is 89.4 Å². The fourth-order valence-electron chi connectivity index (χ4n) is 3.00. The van der Waals surface area contributed by atoms with Crippen molar-refractivity contribution in [2.24, 2.45) is 0 Å². The number of carbonyl (C=O) groups excluding carboxylic acids is 2. The molecule has 0 saturated carbocycles. The lowest BCUT2D eigenvalue weighted by Crippen LogP contribution is -2.24. The highest BCUT2D eigenvalue weighted by atomic mass is 35.5. The van der Waals surface area contributed by atoms with Gasteiger partial charge in [0.25, 0.3) is 0 Å². The maximum atomic E-state index is 12.7. The number of rotatable bonds is 4. The second kappa shape index (κ2) is 6.98. The van der Waals surface area contributed by atoms with Gasteiger partial charge < -0.3 is 14.1 Å². The van der Waals surface area contributed by atoms with Crippen molar-refractivity contribution in [1.82, 2.24) is 4.98 Å². The Morgan fingerprint density at radius 3 is 2.71 bits per heavy atom. The minimum atomic E-state index is -1.06. The van der Waals surface area contributed by atoms with E-state index in [4.69, 9.17) is 20.8 Å². The third kappa shape index (κ3) is 3.18. The fraction of sp³-hybridized carbons (Fsp3) is 0.0952. The Bertz CT molecular complexity index is 1290. The zero-order valence-corrected chi connectivity index (χ0v) is 15.4. The molecule has 0 amide bonds. The molecule has 1 atom stereocenters. The van der Waals surface area contributed by atoms with Crippen molar-refractivity contribution in [1.29, 1.82) is 0 Å². The van der Waals surface area contributed by atoms with Gasteiger partial charge in [0.05, 0.1) is 5.39 Å². The predicted molar refractivity (Wildman–Crippen MR) is 105 cm³/mol. The lowest BCUT2D eigenvalue weighted by Gasteiger charge is -2.11. The first-order valence-corrected chi connectivity index (χ1v) is 8.86. The quantitative estimate of drug-likeness (QED) is 0.409.